The molecular weight excluding hydrogens is 378 g/mol. The molecular formula is C19H16N5O3S. The average molecular weight is 394 g/mol. The van der Waals surface area contributed by atoms with E-state index in [1.807, 2.05) is 12.1 Å². The zero-order chi connectivity index (χ0) is 19.9. The molecule has 2 aromatic heterocycles. The molecule has 0 unspecified atom stereocenters. The molecule has 141 valence electrons. The number of sulfone groups is 1. The standard InChI is InChI=1S/C19H16N5O3S/c1-27-12-5-8-14-15(9-12)24-19(23-14)17-18(20)21-10-16(22-17)11-3-6-13(7-4-11)28(2,25)26/h3-10,20H,1-2H3,(H,23,24). The van der Waals surface area contributed by atoms with Gasteiger partial charge in [-0.3, -0.25) is 5.73 Å². The number of nitrogens with one attached hydrogen (secondary N) is 2. The minimum absolute atomic E-state index is 0.0115. The summed E-state index contributed by atoms with van der Waals surface area (Å²) < 4.78 is 28.5. The first-order chi connectivity index (χ1) is 13.3. The fraction of sp³-hybridized carbons (Fsp3) is 0.105. The number of ether oxygens (including phenoxy) is 1. The van der Waals surface area contributed by atoms with Gasteiger partial charge >= 0.3 is 0 Å². The summed E-state index contributed by atoms with van der Waals surface area (Å²) in [5.74, 6) is 1.11. The lowest BCUT2D eigenvalue weighted by Gasteiger charge is -2.05. The van der Waals surface area contributed by atoms with Gasteiger partial charge < -0.3 is 9.72 Å². The van der Waals surface area contributed by atoms with Crippen molar-refractivity contribution in [3.63, 3.8) is 0 Å². The number of fused-ring (bicyclic) bond motifs is 1. The Morgan fingerprint density at radius 1 is 1.07 bits per heavy atom. The highest BCUT2D eigenvalue weighted by Crippen LogP contribution is 2.28. The van der Waals surface area contributed by atoms with Crippen molar-refractivity contribution in [3.8, 4) is 28.5 Å². The molecule has 28 heavy (non-hydrogen) atoms. The van der Waals surface area contributed by atoms with Crippen molar-refractivity contribution in [2.45, 2.75) is 4.90 Å². The fourth-order valence-electron chi connectivity index (χ4n) is 2.79. The fourth-order valence-corrected chi connectivity index (χ4v) is 3.42. The highest BCUT2D eigenvalue weighted by Gasteiger charge is 2.15. The number of imidazole rings is 1. The molecule has 0 bridgehead atoms. The van der Waals surface area contributed by atoms with Crippen LogP contribution < -0.4 is 10.5 Å². The maximum absolute atomic E-state index is 11.6. The molecule has 9 heteroatoms. The summed E-state index contributed by atoms with van der Waals surface area (Å²) in [6.45, 7) is 0. The van der Waals surface area contributed by atoms with Gasteiger partial charge in [0.1, 0.15) is 5.75 Å². The number of aromatic nitrogens is 4. The topological polar surface area (TPSA) is 122 Å². The Morgan fingerprint density at radius 2 is 1.82 bits per heavy atom. The second kappa shape index (κ2) is 6.61. The van der Waals surface area contributed by atoms with E-state index in [2.05, 4.69) is 19.9 Å². The number of aromatic amines is 1. The van der Waals surface area contributed by atoms with Crippen molar-refractivity contribution in [1.29, 1.82) is 0 Å². The summed E-state index contributed by atoms with van der Waals surface area (Å²) in [6.07, 6.45) is 2.64. The Kier molecular flexibility index (Phi) is 4.23. The van der Waals surface area contributed by atoms with E-state index >= 15 is 0 Å². The molecule has 0 aliphatic carbocycles. The average Bonchev–Trinajstić information content (AvgIpc) is 3.10. The second-order valence-electron chi connectivity index (χ2n) is 6.22. The van der Waals surface area contributed by atoms with Crippen LogP contribution in [-0.2, 0) is 9.84 Å². The molecule has 8 nitrogen and oxygen atoms in total. The van der Waals surface area contributed by atoms with E-state index < -0.39 is 9.84 Å². The third kappa shape index (κ3) is 3.27. The molecule has 0 saturated heterocycles. The second-order valence-corrected chi connectivity index (χ2v) is 8.23. The third-order valence-corrected chi connectivity index (χ3v) is 5.39. The van der Waals surface area contributed by atoms with Crippen molar-refractivity contribution in [1.82, 2.24) is 25.7 Å². The van der Waals surface area contributed by atoms with Crippen LogP contribution in [0.25, 0.3) is 33.8 Å². The summed E-state index contributed by atoms with van der Waals surface area (Å²) in [5.41, 5.74) is 11.1. The molecule has 0 atom stereocenters. The normalized spacial score (nSPS) is 11.6. The maximum atomic E-state index is 11.6. The monoisotopic (exact) mass is 394 g/mol. The van der Waals surface area contributed by atoms with Gasteiger partial charge in [-0.2, -0.15) is 0 Å². The molecule has 0 spiro atoms. The van der Waals surface area contributed by atoms with Crippen LogP contribution in [0.15, 0.2) is 53.6 Å². The molecule has 0 aliphatic rings. The van der Waals surface area contributed by atoms with E-state index in [-0.39, 0.29) is 10.7 Å². The summed E-state index contributed by atoms with van der Waals surface area (Å²) in [5, 5.41) is 0. The lowest BCUT2D eigenvalue weighted by molar-refractivity contribution is 0.415. The van der Waals surface area contributed by atoms with E-state index in [0.29, 0.717) is 28.5 Å². The Labute approximate surface area is 161 Å². The lowest BCUT2D eigenvalue weighted by atomic mass is 10.1. The Balaban J connectivity index is 1.77. The molecule has 0 saturated carbocycles. The van der Waals surface area contributed by atoms with Crippen molar-refractivity contribution in [3.05, 3.63) is 48.7 Å². The number of H-pyrrole nitrogens is 1. The van der Waals surface area contributed by atoms with Crippen molar-refractivity contribution >= 4 is 26.7 Å². The van der Waals surface area contributed by atoms with Crippen LogP contribution in [0.5, 0.6) is 5.75 Å². The van der Waals surface area contributed by atoms with Gasteiger partial charge in [0.25, 0.3) is 0 Å². The van der Waals surface area contributed by atoms with Crippen molar-refractivity contribution in [2.75, 3.05) is 13.4 Å². The van der Waals surface area contributed by atoms with Gasteiger partial charge in [-0.1, -0.05) is 12.1 Å². The molecule has 1 radical (unpaired) electrons. The Bertz CT molecular complexity index is 1280. The lowest BCUT2D eigenvalue weighted by Crippen LogP contribution is -1.97. The van der Waals surface area contributed by atoms with Gasteiger partial charge in [0.15, 0.2) is 27.2 Å². The van der Waals surface area contributed by atoms with Crippen molar-refractivity contribution in [2.24, 2.45) is 0 Å². The highest BCUT2D eigenvalue weighted by molar-refractivity contribution is 7.90. The number of benzene rings is 2. The van der Waals surface area contributed by atoms with E-state index in [4.69, 9.17) is 10.5 Å². The number of hydrogen-bond acceptors (Lipinski definition) is 6. The first kappa shape index (κ1) is 17.9. The van der Waals surface area contributed by atoms with Crippen molar-refractivity contribution < 1.29 is 13.2 Å². The van der Waals surface area contributed by atoms with Crippen LogP contribution in [0.2, 0.25) is 0 Å². The Morgan fingerprint density at radius 3 is 2.50 bits per heavy atom. The van der Waals surface area contributed by atoms with Crippen LogP contribution in [0.4, 0.5) is 5.82 Å². The minimum Gasteiger partial charge on any atom is -0.497 e. The molecule has 0 amide bonds. The molecule has 2 heterocycles. The minimum atomic E-state index is -3.27. The SMILES string of the molecule is COc1ccc2nc(-c3nc(-c4ccc(S(C)(=O)=O)cc4)cnc3[NH])[nH]c2c1. The number of methoxy groups -OCH3 is 1. The quantitative estimate of drug-likeness (QED) is 0.568. The zero-order valence-corrected chi connectivity index (χ0v) is 15.9. The summed E-state index contributed by atoms with van der Waals surface area (Å²) in [6, 6.07) is 11.8. The maximum Gasteiger partial charge on any atom is 0.175 e. The molecule has 0 aliphatic heterocycles. The van der Waals surface area contributed by atoms with Gasteiger partial charge in [-0.15, -0.1) is 0 Å². The van der Waals surface area contributed by atoms with Crippen LogP contribution >= 0.6 is 0 Å². The van der Waals surface area contributed by atoms with Crippen LogP contribution in [-0.4, -0.2) is 41.7 Å². The van der Waals surface area contributed by atoms with Gasteiger partial charge in [-0.05, 0) is 24.3 Å². The van der Waals surface area contributed by atoms with E-state index in [0.717, 1.165) is 17.3 Å². The molecule has 2 aromatic carbocycles. The number of nitrogens with zero attached hydrogens (tertiary/aromatic N) is 3. The summed E-state index contributed by atoms with van der Waals surface area (Å²) >= 11 is 0. The van der Waals surface area contributed by atoms with Crippen LogP contribution in [0, 0.1) is 0 Å². The van der Waals surface area contributed by atoms with E-state index in [1.54, 1.807) is 25.3 Å². The number of rotatable bonds is 4. The van der Waals surface area contributed by atoms with Gasteiger partial charge in [0, 0.05) is 17.9 Å². The van der Waals surface area contributed by atoms with E-state index in [1.165, 1.54) is 18.3 Å². The first-order valence-electron chi connectivity index (χ1n) is 8.28. The smallest absolute Gasteiger partial charge is 0.175 e. The molecule has 4 rings (SSSR count). The first-order valence-corrected chi connectivity index (χ1v) is 10.2. The zero-order valence-electron chi connectivity index (χ0n) is 15.1. The van der Waals surface area contributed by atoms with Crippen LogP contribution in [0.1, 0.15) is 0 Å². The third-order valence-electron chi connectivity index (χ3n) is 4.26. The number of hydrogen-bond donors (Lipinski definition) is 1. The van der Waals surface area contributed by atoms with Gasteiger partial charge in [0.05, 0.1) is 34.9 Å². The summed E-state index contributed by atoms with van der Waals surface area (Å²) in [4.78, 5) is 16.5. The largest absolute Gasteiger partial charge is 0.497 e. The van der Waals surface area contributed by atoms with Crippen LogP contribution in [0.3, 0.4) is 0 Å². The highest BCUT2D eigenvalue weighted by atomic mass is 32.2. The van der Waals surface area contributed by atoms with Gasteiger partial charge in [0.2, 0.25) is 0 Å². The Hall–Kier alpha value is -3.46. The van der Waals surface area contributed by atoms with Gasteiger partial charge in [-0.25, -0.2) is 23.4 Å². The summed E-state index contributed by atoms with van der Waals surface area (Å²) in [7, 11) is -1.68. The van der Waals surface area contributed by atoms with E-state index in [9.17, 15) is 8.42 Å². The molecule has 4 aromatic rings. The molecule has 2 N–H and O–H groups in total. The predicted molar refractivity (Wildman–Crippen MR) is 105 cm³/mol. The molecule has 0 fully saturated rings. The predicted octanol–water partition coefficient (Wildman–Crippen LogP) is 3.01.